The van der Waals surface area contributed by atoms with Crippen LogP contribution in [-0.2, 0) is 0 Å². The minimum atomic E-state index is 0.341. The van der Waals surface area contributed by atoms with Crippen molar-refractivity contribution in [2.24, 2.45) is 0 Å². The summed E-state index contributed by atoms with van der Waals surface area (Å²) in [4.78, 5) is 8.99. The zero-order valence-electron chi connectivity index (χ0n) is 14.4. The van der Waals surface area contributed by atoms with Crippen LogP contribution in [0.15, 0.2) is 54.7 Å². The van der Waals surface area contributed by atoms with Crippen molar-refractivity contribution < 1.29 is 9.47 Å². The van der Waals surface area contributed by atoms with E-state index in [-0.39, 0.29) is 0 Å². The van der Waals surface area contributed by atoms with E-state index in [1.54, 1.807) is 18.9 Å². The van der Waals surface area contributed by atoms with E-state index in [0.29, 0.717) is 22.7 Å². The molecule has 0 amide bonds. The second-order valence-electron chi connectivity index (χ2n) is 5.67. The number of methoxy groups -OCH3 is 2. The van der Waals surface area contributed by atoms with Crippen LogP contribution < -0.4 is 15.2 Å². The van der Waals surface area contributed by atoms with Gasteiger partial charge in [-0.1, -0.05) is 0 Å². The summed E-state index contributed by atoms with van der Waals surface area (Å²) in [7, 11) is 3.26. The molecule has 0 bridgehead atoms. The maximum Gasteiger partial charge on any atom is 0.162 e. The molecular formula is C19H17N5O2. The highest BCUT2D eigenvalue weighted by Crippen LogP contribution is 2.25. The number of hydrogen-bond donors (Lipinski definition) is 1. The lowest BCUT2D eigenvalue weighted by Gasteiger charge is -2.03. The summed E-state index contributed by atoms with van der Waals surface area (Å²) in [6.07, 6.45) is 1.84. The van der Waals surface area contributed by atoms with Crippen molar-refractivity contribution >= 4 is 16.9 Å². The van der Waals surface area contributed by atoms with Crippen molar-refractivity contribution in [2.75, 3.05) is 20.0 Å². The molecule has 0 saturated carbocycles. The van der Waals surface area contributed by atoms with Crippen LogP contribution in [0.4, 0.5) is 5.82 Å². The third kappa shape index (κ3) is 2.79. The minimum Gasteiger partial charge on any atom is -0.497 e. The first-order chi connectivity index (χ1) is 12.7. The maximum atomic E-state index is 6.12. The summed E-state index contributed by atoms with van der Waals surface area (Å²) in [6, 6.07) is 15.1. The number of nitrogens with zero attached hydrogens (tertiary/aromatic N) is 4. The SMILES string of the molecule is COc1ccc(-c2nc(N)c3nn(-c4ccc(OC)cc4)cc3n2)cc1. The molecule has 26 heavy (non-hydrogen) atoms. The Labute approximate surface area is 150 Å². The highest BCUT2D eigenvalue weighted by atomic mass is 16.5. The predicted molar refractivity (Wildman–Crippen MR) is 99.6 cm³/mol. The summed E-state index contributed by atoms with van der Waals surface area (Å²) >= 11 is 0. The van der Waals surface area contributed by atoms with Crippen LogP contribution >= 0.6 is 0 Å². The van der Waals surface area contributed by atoms with E-state index in [0.717, 1.165) is 22.7 Å². The summed E-state index contributed by atoms with van der Waals surface area (Å²) in [6.45, 7) is 0. The molecule has 4 rings (SSSR count). The van der Waals surface area contributed by atoms with Crippen molar-refractivity contribution in [1.82, 2.24) is 19.7 Å². The zero-order chi connectivity index (χ0) is 18.1. The Morgan fingerprint density at radius 2 is 1.46 bits per heavy atom. The Morgan fingerprint density at radius 3 is 2.08 bits per heavy atom. The first kappa shape index (κ1) is 15.9. The molecule has 7 heteroatoms. The quantitative estimate of drug-likeness (QED) is 0.610. The van der Waals surface area contributed by atoms with Gasteiger partial charge in [0.25, 0.3) is 0 Å². The number of nitrogens with two attached hydrogens (primary N) is 1. The third-order valence-corrected chi connectivity index (χ3v) is 4.08. The molecule has 0 aliphatic carbocycles. The lowest BCUT2D eigenvalue weighted by Crippen LogP contribution is -1.98. The lowest BCUT2D eigenvalue weighted by atomic mass is 10.2. The average molecular weight is 347 g/mol. The third-order valence-electron chi connectivity index (χ3n) is 4.08. The van der Waals surface area contributed by atoms with Crippen LogP contribution in [0.3, 0.4) is 0 Å². The van der Waals surface area contributed by atoms with Crippen LogP contribution in [0.2, 0.25) is 0 Å². The van der Waals surface area contributed by atoms with E-state index in [1.807, 2.05) is 54.7 Å². The molecule has 0 fully saturated rings. The van der Waals surface area contributed by atoms with Gasteiger partial charge in [-0.25, -0.2) is 14.6 Å². The molecule has 0 saturated heterocycles. The summed E-state index contributed by atoms with van der Waals surface area (Å²) < 4.78 is 12.1. The summed E-state index contributed by atoms with van der Waals surface area (Å²) in [5, 5.41) is 4.51. The number of fused-ring (bicyclic) bond motifs is 1. The molecule has 0 aliphatic rings. The number of anilines is 1. The highest BCUT2D eigenvalue weighted by Gasteiger charge is 2.12. The second kappa shape index (κ2) is 6.36. The van der Waals surface area contributed by atoms with Gasteiger partial charge in [-0.15, -0.1) is 0 Å². The van der Waals surface area contributed by atoms with E-state index >= 15 is 0 Å². The Kier molecular flexibility index (Phi) is 3.89. The maximum absolute atomic E-state index is 6.12. The molecule has 2 aromatic carbocycles. The van der Waals surface area contributed by atoms with Crippen molar-refractivity contribution in [1.29, 1.82) is 0 Å². The van der Waals surface area contributed by atoms with Crippen LogP contribution in [0, 0.1) is 0 Å². The minimum absolute atomic E-state index is 0.341. The van der Waals surface area contributed by atoms with Crippen LogP contribution in [0.25, 0.3) is 28.1 Å². The average Bonchev–Trinajstić information content (AvgIpc) is 3.13. The number of hydrogen-bond acceptors (Lipinski definition) is 6. The molecule has 0 radical (unpaired) electrons. The normalized spacial score (nSPS) is 10.8. The largest absolute Gasteiger partial charge is 0.497 e. The monoisotopic (exact) mass is 347 g/mol. The molecule has 4 aromatic rings. The summed E-state index contributed by atoms with van der Waals surface area (Å²) in [5.74, 6) is 2.45. The lowest BCUT2D eigenvalue weighted by molar-refractivity contribution is 0.414. The number of nitrogen functional groups attached to an aromatic ring is 1. The molecule has 2 aromatic heterocycles. The fourth-order valence-corrected chi connectivity index (χ4v) is 2.67. The molecule has 7 nitrogen and oxygen atoms in total. The fraction of sp³-hybridized carbons (Fsp3) is 0.105. The predicted octanol–water partition coefficient (Wildman–Crippen LogP) is 3.08. The van der Waals surface area contributed by atoms with E-state index in [9.17, 15) is 0 Å². The Morgan fingerprint density at radius 1 is 0.846 bits per heavy atom. The summed E-state index contributed by atoms with van der Waals surface area (Å²) in [5.41, 5.74) is 9.10. The Balaban J connectivity index is 1.76. The van der Waals surface area contributed by atoms with Gasteiger partial charge in [0.05, 0.1) is 26.1 Å². The highest BCUT2D eigenvalue weighted by molar-refractivity contribution is 5.85. The van der Waals surface area contributed by atoms with E-state index < -0.39 is 0 Å². The van der Waals surface area contributed by atoms with Crippen molar-refractivity contribution in [3.05, 3.63) is 54.7 Å². The van der Waals surface area contributed by atoms with Crippen molar-refractivity contribution in [3.63, 3.8) is 0 Å². The molecule has 2 N–H and O–H groups in total. The van der Waals surface area contributed by atoms with Gasteiger partial charge in [0.15, 0.2) is 17.2 Å². The van der Waals surface area contributed by atoms with Crippen molar-refractivity contribution in [3.8, 4) is 28.6 Å². The van der Waals surface area contributed by atoms with Gasteiger partial charge >= 0.3 is 0 Å². The second-order valence-corrected chi connectivity index (χ2v) is 5.67. The molecule has 0 aliphatic heterocycles. The molecule has 2 heterocycles. The Bertz CT molecular complexity index is 1060. The van der Waals surface area contributed by atoms with Crippen LogP contribution in [0.5, 0.6) is 11.5 Å². The van der Waals surface area contributed by atoms with E-state index in [2.05, 4.69) is 15.1 Å². The van der Waals surface area contributed by atoms with Gasteiger partial charge in [-0.3, -0.25) is 0 Å². The zero-order valence-corrected chi connectivity index (χ0v) is 14.4. The molecule has 0 atom stereocenters. The number of rotatable bonds is 4. The standard InChI is InChI=1S/C19H17N5O2/c1-25-14-7-3-12(4-8-14)19-21-16-11-24(23-17(16)18(20)22-19)13-5-9-15(26-2)10-6-13/h3-11H,1-2H3,(H2,20,21,22). The van der Waals surface area contributed by atoms with Crippen molar-refractivity contribution in [2.45, 2.75) is 0 Å². The number of aromatic nitrogens is 4. The first-order valence-electron chi connectivity index (χ1n) is 7.99. The molecule has 0 unspecified atom stereocenters. The fourth-order valence-electron chi connectivity index (χ4n) is 2.67. The van der Waals surface area contributed by atoms with Gasteiger partial charge in [-0.2, -0.15) is 5.10 Å². The molecule has 130 valence electrons. The van der Waals surface area contributed by atoms with Gasteiger partial charge in [0, 0.05) is 5.56 Å². The van der Waals surface area contributed by atoms with E-state index in [4.69, 9.17) is 15.2 Å². The van der Waals surface area contributed by atoms with Gasteiger partial charge < -0.3 is 15.2 Å². The first-order valence-corrected chi connectivity index (χ1v) is 7.99. The van der Waals surface area contributed by atoms with Gasteiger partial charge in [-0.05, 0) is 48.5 Å². The smallest absolute Gasteiger partial charge is 0.162 e. The number of ether oxygens (including phenoxy) is 2. The topological polar surface area (TPSA) is 88.1 Å². The van der Waals surface area contributed by atoms with Gasteiger partial charge in [0.2, 0.25) is 0 Å². The van der Waals surface area contributed by atoms with Gasteiger partial charge in [0.1, 0.15) is 17.0 Å². The number of benzene rings is 2. The molecular weight excluding hydrogens is 330 g/mol. The van der Waals surface area contributed by atoms with Crippen LogP contribution in [0.1, 0.15) is 0 Å². The van der Waals surface area contributed by atoms with Crippen LogP contribution in [-0.4, -0.2) is 34.0 Å². The van der Waals surface area contributed by atoms with E-state index in [1.165, 1.54) is 0 Å². The Hall–Kier alpha value is -3.61. The molecule has 0 spiro atoms.